The number of benzene rings is 1. The Kier molecular flexibility index (Phi) is 3.70. The molecular weight excluding hydrogens is 168 g/mol. The average Bonchev–Trinajstić information content (AvgIpc) is 2.14. The lowest BCUT2D eigenvalue weighted by Gasteiger charge is -2.10. The molecule has 0 atom stereocenters. The second-order valence-electron chi connectivity index (χ2n) is 3.66. The van der Waals surface area contributed by atoms with E-state index in [1.807, 2.05) is 0 Å². The SMILES string of the molecule is C=C(C)c1c(C)cccc1CC=CC. The first-order valence-electron chi connectivity index (χ1n) is 5.02. The van der Waals surface area contributed by atoms with Crippen molar-refractivity contribution in [3.05, 3.63) is 53.6 Å². The minimum absolute atomic E-state index is 1.00. The summed E-state index contributed by atoms with van der Waals surface area (Å²) in [4.78, 5) is 0. The molecule has 0 N–H and O–H groups in total. The molecule has 1 rings (SSSR count). The van der Waals surface area contributed by atoms with Gasteiger partial charge in [-0.05, 0) is 43.9 Å². The molecule has 0 heterocycles. The van der Waals surface area contributed by atoms with Crippen LogP contribution in [0.1, 0.15) is 30.5 Å². The first-order chi connectivity index (χ1) is 6.66. The second kappa shape index (κ2) is 4.80. The van der Waals surface area contributed by atoms with Gasteiger partial charge in [0.15, 0.2) is 0 Å². The molecule has 0 aliphatic heterocycles. The van der Waals surface area contributed by atoms with Gasteiger partial charge in [-0.2, -0.15) is 0 Å². The predicted molar refractivity (Wildman–Crippen MR) is 64.4 cm³/mol. The quantitative estimate of drug-likeness (QED) is 0.622. The monoisotopic (exact) mass is 186 g/mol. The summed E-state index contributed by atoms with van der Waals surface area (Å²) in [6.45, 7) is 10.3. The van der Waals surface area contributed by atoms with Crippen LogP contribution in [0.2, 0.25) is 0 Å². The van der Waals surface area contributed by atoms with Gasteiger partial charge in [-0.15, -0.1) is 0 Å². The fourth-order valence-electron chi connectivity index (χ4n) is 1.75. The molecule has 0 heteroatoms. The molecule has 0 saturated carbocycles. The number of hydrogen-bond donors (Lipinski definition) is 0. The lowest BCUT2D eigenvalue weighted by molar-refractivity contribution is 1.22. The lowest BCUT2D eigenvalue weighted by Crippen LogP contribution is -1.93. The summed E-state index contributed by atoms with van der Waals surface area (Å²) in [5.74, 6) is 0. The van der Waals surface area contributed by atoms with E-state index >= 15 is 0 Å². The Bertz CT molecular complexity index is 356. The molecule has 0 bridgehead atoms. The zero-order valence-electron chi connectivity index (χ0n) is 9.30. The highest BCUT2D eigenvalue weighted by atomic mass is 14.1. The van der Waals surface area contributed by atoms with E-state index in [4.69, 9.17) is 0 Å². The maximum Gasteiger partial charge on any atom is -0.00914 e. The van der Waals surface area contributed by atoms with Gasteiger partial charge >= 0.3 is 0 Å². The van der Waals surface area contributed by atoms with E-state index in [-0.39, 0.29) is 0 Å². The molecule has 0 unspecified atom stereocenters. The molecule has 0 spiro atoms. The third kappa shape index (κ3) is 2.35. The van der Waals surface area contributed by atoms with E-state index in [9.17, 15) is 0 Å². The highest BCUT2D eigenvalue weighted by Crippen LogP contribution is 2.22. The number of hydrogen-bond acceptors (Lipinski definition) is 0. The van der Waals surface area contributed by atoms with Crippen LogP contribution in [-0.4, -0.2) is 0 Å². The fourth-order valence-corrected chi connectivity index (χ4v) is 1.75. The van der Waals surface area contributed by atoms with E-state index in [2.05, 4.69) is 57.7 Å². The number of aryl methyl sites for hydroxylation is 1. The van der Waals surface area contributed by atoms with E-state index in [0.29, 0.717) is 0 Å². The van der Waals surface area contributed by atoms with Crippen LogP contribution in [0.25, 0.3) is 5.57 Å². The highest BCUT2D eigenvalue weighted by molar-refractivity contribution is 5.67. The molecule has 0 saturated heterocycles. The number of rotatable bonds is 3. The molecule has 14 heavy (non-hydrogen) atoms. The summed E-state index contributed by atoms with van der Waals surface area (Å²) in [5, 5.41) is 0. The second-order valence-corrected chi connectivity index (χ2v) is 3.66. The smallest absolute Gasteiger partial charge is 0.00914 e. The molecule has 74 valence electrons. The Morgan fingerprint density at radius 2 is 2.14 bits per heavy atom. The van der Waals surface area contributed by atoms with Crippen LogP contribution < -0.4 is 0 Å². The van der Waals surface area contributed by atoms with Crippen LogP contribution in [0.3, 0.4) is 0 Å². The van der Waals surface area contributed by atoms with Crippen molar-refractivity contribution in [3.8, 4) is 0 Å². The van der Waals surface area contributed by atoms with Gasteiger partial charge < -0.3 is 0 Å². The fraction of sp³-hybridized carbons (Fsp3) is 0.286. The minimum atomic E-state index is 1.00. The molecule has 0 radical (unpaired) electrons. The summed E-state index contributed by atoms with van der Waals surface area (Å²) in [6.07, 6.45) is 5.27. The minimum Gasteiger partial charge on any atom is -0.0955 e. The Labute approximate surface area is 87.0 Å². The maximum absolute atomic E-state index is 4.03. The van der Waals surface area contributed by atoms with Crippen LogP contribution in [0.5, 0.6) is 0 Å². The molecule has 0 aromatic heterocycles. The highest BCUT2D eigenvalue weighted by Gasteiger charge is 2.03. The normalized spacial score (nSPS) is 10.8. The molecule has 0 aliphatic carbocycles. The van der Waals surface area contributed by atoms with E-state index in [0.717, 1.165) is 12.0 Å². The third-order valence-electron chi connectivity index (χ3n) is 2.36. The van der Waals surface area contributed by atoms with Crippen molar-refractivity contribution in [2.45, 2.75) is 27.2 Å². The van der Waals surface area contributed by atoms with Crippen LogP contribution >= 0.6 is 0 Å². The van der Waals surface area contributed by atoms with Gasteiger partial charge in [0.1, 0.15) is 0 Å². The van der Waals surface area contributed by atoms with Crippen molar-refractivity contribution in [2.75, 3.05) is 0 Å². The summed E-state index contributed by atoms with van der Waals surface area (Å²) in [7, 11) is 0. The van der Waals surface area contributed by atoms with Gasteiger partial charge in [0, 0.05) is 0 Å². The van der Waals surface area contributed by atoms with Gasteiger partial charge in [0.05, 0.1) is 0 Å². The summed E-state index contributed by atoms with van der Waals surface area (Å²) in [5.41, 5.74) is 5.17. The molecule has 0 nitrogen and oxygen atoms in total. The van der Waals surface area contributed by atoms with Crippen LogP contribution in [0.4, 0.5) is 0 Å². The predicted octanol–water partition coefficient (Wildman–Crippen LogP) is 4.15. The van der Waals surface area contributed by atoms with Crippen LogP contribution in [0.15, 0.2) is 36.9 Å². The van der Waals surface area contributed by atoms with Crippen molar-refractivity contribution in [3.63, 3.8) is 0 Å². The zero-order valence-corrected chi connectivity index (χ0v) is 9.30. The summed E-state index contributed by atoms with van der Waals surface area (Å²) >= 11 is 0. The van der Waals surface area contributed by atoms with Gasteiger partial charge in [0.2, 0.25) is 0 Å². The van der Waals surface area contributed by atoms with Gasteiger partial charge in [0.25, 0.3) is 0 Å². The third-order valence-corrected chi connectivity index (χ3v) is 2.36. The van der Waals surface area contributed by atoms with Crippen molar-refractivity contribution in [1.82, 2.24) is 0 Å². The first-order valence-corrected chi connectivity index (χ1v) is 5.02. The summed E-state index contributed by atoms with van der Waals surface area (Å²) < 4.78 is 0. The standard InChI is InChI=1S/C14H18/c1-5-6-9-13-10-7-8-12(4)14(13)11(2)3/h5-8,10H,2,9H2,1,3-4H3. The maximum atomic E-state index is 4.03. The Morgan fingerprint density at radius 1 is 1.43 bits per heavy atom. The van der Waals surface area contributed by atoms with Gasteiger partial charge in [-0.1, -0.05) is 42.5 Å². The van der Waals surface area contributed by atoms with Crippen molar-refractivity contribution >= 4 is 5.57 Å². The van der Waals surface area contributed by atoms with Gasteiger partial charge in [-0.3, -0.25) is 0 Å². The lowest BCUT2D eigenvalue weighted by atomic mass is 9.95. The van der Waals surface area contributed by atoms with E-state index < -0.39 is 0 Å². The van der Waals surface area contributed by atoms with Crippen molar-refractivity contribution < 1.29 is 0 Å². The Hall–Kier alpha value is -1.30. The largest absolute Gasteiger partial charge is 0.0955 e. The average molecular weight is 186 g/mol. The van der Waals surface area contributed by atoms with Crippen LogP contribution in [-0.2, 0) is 6.42 Å². The summed E-state index contributed by atoms with van der Waals surface area (Å²) in [6, 6.07) is 6.43. The van der Waals surface area contributed by atoms with E-state index in [1.165, 1.54) is 16.7 Å². The van der Waals surface area contributed by atoms with Crippen LogP contribution in [0, 0.1) is 6.92 Å². The van der Waals surface area contributed by atoms with Crippen molar-refractivity contribution in [1.29, 1.82) is 0 Å². The van der Waals surface area contributed by atoms with Crippen molar-refractivity contribution in [2.24, 2.45) is 0 Å². The Morgan fingerprint density at radius 3 is 2.71 bits per heavy atom. The Balaban J connectivity index is 3.14. The topological polar surface area (TPSA) is 0 Å². The molecule has 1 aromatic carbocycles. The molecule has 1 aromatic rings. The molecule has 0 amide bonds. The molecular formula is C14H18. The zero-order chi connectivity index (χ0) is 10.6. The van der Waals surface area contributed by atoms with Gasteiger partial charge in [-0.25, -0.2) is 0 Å². The first kappa shape index (κ1) is 10.8. The molecule has 0 fully saturated rings. The number of allylic oxidation sites excluding steroid dienone is 3. The molecule has 0 aliphatic rings. The van der Waals surface area contributed by atoms with E-state index in [1.54, 1.807) is 0 Å².